The number of ether oxygens (including phenoxy) is 3. The molecule has 0 saturated carbocycles. The van der Waals surface area contributed by atoms with E-state index in [9.17, 15) is 19.2 Å². The Morgan fingerprint density at radius 3 is 1.94 bits per heavy atom. The summed E-state index contributed by atoms with van der Waals surface area (Å²) in [5.41, 5.74) is -0.663. The van der Waals surface area contributed by atoms with Crippen LogP contribution in [-0.2, 0) is 35.0 Å². The van der Waals surface area contributed by atoms with Gasteiger partial charge in [-0.3, -0.25) is 4.79 Å². The quantitative estimate of drug-likeness (QED) is 0.319. The van der Waals surface area contributed by atoms with Gasteiger partial charge in [0.1, 0.15) is 29.9 Å². The lowest BCUT2D eigenvalue weighted by molar-refractivity contribution is -0.159. The zero-order valence-corrected chi connectivity index (χ0v) is 21.0. The monoisotopic (exact) mass is 476 g/mol. The van der Waals surface area contributed by atoms with E-state index in [1.807, 2.05) is 30.3 Å². The fourth-order valence-corrected chi connectivity index (χ4v) is 2.60. The highest BCUT2D eigenvalue weighted by atomic mass is 16.6. The molecule has 0 aliphatic carbocycles. The van der Waals surface area contributed by atoms with Crippen LogP contribution in [0.2, 0.25) is 0 Å². The first-order chi connectivity index (χ1) is 15.6. The van der Waals surface area contributed by atoms with E-state index in [0.717, 1.165) is 5.56 Å². The topological polar surface area (TPSA) is 120 Å². The van der Waals surface area contributed by atoms with E-state index in [2.05, 4.69) is 17.2 Å². The molecular weight excluding hydrogens is 440 g/mol. The van der Waals surface area contributed by atoms with E-state index >= 15 is 0 Å². The number of carbonyl (C=O) groups is 4. The number of hydrogen-bond acceptors (Lipinski definition) is 7. The van der Waals surface area contributed by atoms with Gasteiger partial charge >= 0.3 is 18.0 Å². The molecule has 0 fully saturated rings. The molecule has 2 amide bonds. The molecule has 2 N–H and O–H groups in total. The van der Waals surface area contributed by atoms with Crippen LogP contribution in [0.4, 0.5) is 4.79 Å². The minimum absolute atomic E-state index is 0.132. The summed E-state index contributed by atoms with van der Waals surface area (Å²) in [5, 5.41) is 5.00. The highest BCUT2D eigenvalue weighted by Gasteiger charge is 2.32. The maximum absolute atomic E-state index is 13.1. The first-order valence-electron chi connectivity index (χ1n) is 11.0. The Morgan fingerprint density at radius 1 is 0.882 bits per heavy atom. The Labute approximate surface area is 201 Å². The third-order valence-corrected chi connectivity index (χ3v) is 4.03. The second-order valence-electron chi connectivity index (χ2n) is 9.86. The van der Waals surface area contributed by atoms with Crippen LogP contribution in [0, 0.1) is 0 Å². The summed E-state index contributed by atoms with van der Waals surface area (Å²) in [4.78, 5) is 50.1. The molecule has 34 heavy (non-hydrogen) atoms. The molecule has 0 saturated heterocycles. The Morgan fingerprint density at radius 2 is 1.44 bits per heavy atom. The minimum Gasteiger partial charge on any atom is -0.460 e. The van der Waals surface area contributed by atoms with Crippen molar-refractivity contribution in [1.29, 1.82) is 0 Å². The number of carbonyl (C=O) groups excluding carboxylic acids is 4. The van der Waals surface area contributed by atoms with Gasteiger partial charge in [-0.2, -0.15) is 0 Å². The van der Waals surface area contributed by atoms with Crippen LogP contribution in [0.25, 0.3) is 0 Å². The summed E-state index contributed by atoms with van der Waals surface area (Å²) < 4.78 is 15.7. The van der Waals surface area contributed by atoms with Crippen molar-refractivity contribution in [3.63, 3.8) is 0 Å². The van der Waals surface area contributed by atoms with Crippen LogP contribution in [0.3, 0.4) is 0 Å². The van der Waals surface area contributed by atoms with Crippen molar-refractivity contribution >= 4 is 23.9 Å². The number of rotatable bonds is 9. The summed E-state index contributed by atoms with van der Waals surface area (Å²) in [7, 11) is 0. The van der Waals surface area contributed by atoms with Gasteiger partial charge in [0, 0.05) is 12.0 Å². The smallest absolute Gasteiger partial charge is 0.408 e. The van der Waals surface area contributed by atoms with Crippen LogP contribution in [0.1, 0.15) is 54.0 Å². The molecule has 1 rings (SSSR count). The normalized spacial score (nSPS) is 13.1. The van der Waals surface area contributed by atoms with Crippen molar-refractivity contribution in [2.45, 2.75) is 78.2 Å². The van der Waals surface area contributed by atoms with Crippen LogP contribution >= 0.6 is 0 Å². The van der Waals surface area contributed by atoms with Crippen molar-refractivity contribution in [2.75, 3.05) is 6.61 Å². The number of alkyl carbamates (subject to hydrolysis) is 1. The average Bonchev–Trinajstić information content (AvgIpc) is 2.68. The Hall–Kier alpha value is -3.36. The van der Waals surface area contributed by atoms with E-state index < -0.39 is 53.8 Å². The molecule has 0 aliphatic heterocycles. The van der Waals surface area contributed by atoms with E-state index in [1.54, 1.807) is 41.5 Å². The summed E-state index contributed by atoms with van der Waals surface area (Å²) in [6.45, 7) is 14.6. The van der Waals surface area contributed by atoms with Crippen molar-refractivity contribution in [2.24, 2.45) is 0 Å². The molecule has 0 bridgehead atoms. The fraction of sp³-hybridized carbons (Fsp3) is 0.520. The van der Waals surface area contributed by atoms with Gasteiger partial charge in [-0.1, -0.05) is 36.9 Å². The molecule has 1 aromatic rings. The molecule has 0 aliphatic rings. The zero-order valence-electron chi connectivity index (χ0n) is 21.0. The zero-order chi connectivity index (χ0) is 26.1. The van der Waals surface area contributed by atoms with Crippen molar-refractivity contribution in [3.8, 4) is 0 Å². The SMILES string of the molecule is C=C(C)C(=O)OC[C@H](NC(=O)OC(C)(C)C)C(=O)N[C@@H](Cc1ccccc1)C(=O)OC(C)(C)C. The van der Waals surface area contributed by atoms with Gasteiger partial charge in [0.15, 0.2) is 0 Å². The average molecular weight is 477 g/mol. The second kappa shape index (κ2) is 12.2. The standard InChI is InChI=1S/C25H36N2O7/c1-16(2)21(29)32-15-19(27-23(31)34-25(6,7)8)20(28)26-18(22(30)33-24(3,4)5)14-17-12-10-9-11-13-17/h9-13,18-19H,1,14-15H2,2-8H3,(H,26,28)(H,27,31)/t18-,19-/m0/s1. The maximum atomic E-state index is 13.1. The lowest BCUT2D eigenvalue weighted by Crippen LogP contribution is -2.55. The molecule has 2 atom stereocenters. The predicted molar refractivity (Wildman–Crippen MR) is 127 cm³/mol. The van der Waals surface area contributed by atoms with E-state index in [-0.39, 0.29) is 12.0 Å². The van der Waals surface area contributed by atoms with Crippen LogP contribution in [0.15, 0.2) is 42.5 Å². The van der Waals surface area contributed by atoms with Gasteiger partial charge in [-0.25, -0.2) is 14.4 Å². The Bertz CT molecular complexity index is 883. The summed E-state index contributed by atoms with van der Waals surface area (Å²) in [6.07, 6.45) is -0.720. The maximum Gasteiger partial charge on any atom is 0.408 e. The van der Waals surface area contributed by atoms with Gasteiger partial charge in [0.2, 0.25) is 5.91 Å². The predicted octanol–water partition coefficient (Wildman–Crippen LogP) is 3.07. The van der Waals surface area contributed by atoms with Gasteiger partial charge in [-0.15, -0.1) is 0 Å². The van der Waals surface area contributed by atoms with Gasteiger partial charge in [0.05, 0.1) is 0 Å². The molecule has 0 aromatic heterocycles. The third-order valence-electron chi connectivity index (χ3n) is 4.03. The molecule has 188 valence electrons. The van der Waals surface area contributed by atoms with Crippen molar-refractivity contribution < 1.29 is 33.4 Å². The summed E-state index contributed by atoms with van der Waals surface area (Å²) in [6, 6.07) is 6.72. The van der Waals surface area contributed by atoms with Crippen molar-refractivity contribution in [1.82, 2.24) is 10.6 Å². The molecule has 9 nitrogen and oxygen atoms in total. The largest absolute Gasteiger partial charge is 0.460 e. The third kappa shape index (κ3) is 11.5. The lowest BCUT2D eigenvalue weighted by Gasteiger charge is -2.27. The van der Waals surface area contributed by atoms with Crippen LogP contribution in [-0.4, -0.2) is 53.8 Å². The van der Waals surface area contributed by atoms with E-state index in [0.29, 0.717) is 0 Å². The second-order valence-corrected chi connectivity index (χ2v) is 9.86. The number of hydrogen-bond donors (Lipinski definition) is 2. The van der Waals surface area contributed by atoms with Gasteiger partial charge < -0.3 is 24.8 Å². The van der Waals surface area contributed by atoms with Gasteiger partial charge in [-0.05, 0) is 54.0 Å². The van der Waals surface area contributed by atoms with Crippen molar-refractivity contribution in [3.05, 3.63) is 48.0 Å². The molecule has 1 aromatic carbocycles. The molecule has 0 unspecified atom stereocenters. The number of benzene rings is 1. The molecular formula is C25H36N2O7. The molecule has 0 spiro atoms. The first kappa shape index (κ1) is 28.7. The molecule has 0 radical (unpaired) electrons. The first-order valence-corrected chi connectivity index (χ1v) is 11.0. The molecule has 9 heteroatoms. The highest BCUT2D eigenvalue weighted by Crippen LogP contribution is 2.12. The van der Waals surface area contributed by atoms with E-state index in [1.165, 1.54) is 6.92 Å². The van der Waals surface area contributed by atoms with E-state index in [4.69, 9.17) is 14.2 Å². The van der Waals surface area contributed by atoms with Gasteiger partial charge in [0.25, 0.3) is 0 Å². The summed E-state index contributed by atoms with van der Waals surface area (Å²) >= 11 is 0. The number of amides is 2. The number of nitrogens with one attached hydrogen (secondary N) is 2. The minimum atomic E-state index is -1.32. The summed E-state index contributed by atoms with van der Waals surface area (Å²) in [5.74, 6) is -2.11. The van der Waals surface area contributed by atoms with Crippen LogP contribution in [0.5, 0.6) is 0 Å². The van der Waals surface area contributed by atoms with Crippen LogP contribution < -0.4 is 10.6 Å². The Balaban J connectivity index is 3.09. The Kier molecular flexibility index (Phi) is 10.3. The number of esters is 2. The molecule has 0 heterocycles. The lowest BCUT2D eigenvalue weighted by atomic mass is 10.0. The highest BCUT2D eigenvalue weighted by molar-refractivity contribution is 5.91. The fourth-order valence-electron chi connectivity index (χ4n) is 2.60.